The molecule has 0 aliphatic carbocycles. The van der Waals surface area contributed by atoms with Crippen LogP contribution in [0.5, 0.6) is 0 Å². The van der Waals surface area contributed by atoms with E-state index < -0.39 is 20.0 Å². The average Bonchev–Trinajstić information content (AvgIpc) is 3.33. The lowest BCUT2D eigenvalue weighted by Crippen LogP contribution is -2.45. The van der Waals surface area contributed by atoms with E-state index in [2.05, 4.69) is 104 Å². The number of quaternary nitrogens is 1. The number of unbranched alkanes of at least 4 members (excludes halogenated alkanes) is 25. The third-order valence-corrected chi connectivity index (χ3v) is 13.5. The maximum atomic E-state index is 13.0. The monoisotopic (exact) mass is 1010 g/mol. The molecule has 0 bridgehead atoms. The van der Waals surface area contributed by atoms with Crippen LogP contribution in [0.25, 0.3) is 0 Å². The van der Waals surface area contributed by atoms with Crippen molar-refractivity contribution < 1.29 is 32.9 Å². The Kier molecular flexibility index (Phi) is 50.4. The van der Waals surface area contributed by atoms with Crippen LogP contribution in [0, 0.1) is 0 Å². The highest BCUT2D eigenvalue weighted by molar-refractivity contribution is 7.45. The van der Waals surface area contributed by atoms with E-state index in [0.717, 1.165) is 83.5 Å². The fourth-order valence-electron chi connectivity index (χ4n) is 8.02. The van der Waals surface area contributed by atoms with Gasteiger partial charge in [0.2, 0.25) is 5.91 Å². The molecular weight excluding hydrogens is 900 g/mol. The molecule has 0 aromatic heterocycles. The molecule has 0 aliphatic rings. The number of phosphoric ester groups is 1. The lowest BCUT2D eigenvalue weighted by Gasteiger charge is -2.29. The maximum Gasteiger partial charge on any atom is 0.268 e. The van der Waals surface area contributed by atoms with Gasteiger partial charge in [0.1, 0.15) is 13.2 Å². The highest BCUT2D eigenvalue weighted by atomic mass is 31.2. The summed E-state index contributed by atoms with van der Waals surface area (Å²) in [5.74, 6) is -0.202. The van der Waals surface area contributed by atoms with Gasteiger partial charge in [-0.3, -0.25) is 9.36 Å². The zero-order chi connectivity index (χ0) is 52.0. The second-order valence-corrected chi connectivity index (χ2v) is 22.0. The summed E-state index contributed by atoms with van der Waals surface area (Å²) in [6, 6.07) is -0.891. The summed E-state index contributed by atoms with van der Waals surface area (Å²) in [7, 11) is 1.25. The van der Waals surface area contributed by atoms with Gasteiger partial charge in [0.15, 0.2) is 0 Å². The van der Waals surface area contributed by atoms with Gasteiger partial charge in [0.05, 0.1) is 39.9 Å². The van der Waals surface area contributed by atoms with Crippen molar-refractivity contribution in [1.82, 2.24) is 5.32 Å². The standard InChI is InChI=1S/C62H111N2O6P/c1-6-8-10-12-14-16-18-20-22-23-24-25-26-27-28-29-30-31-32-33-34-35-36-37-38-39-40-41-42-44-46-48-50-52-54-56-62(66)63-60(59-70-71(67,68)69-58-57-64(3,4)5)61(65)55-53-51-49-47-45-43-21-19-17-15-13-11-9-7-2/h8,10,14,16,20,22,24-25,27-28,30-31,33-34,53,55,60-61,65H,6-7,9,11-13,15,17-19,21,23,26,29,32,35-52,54,56-59H2,1-5H3,(H-,63,66,67,68)/b10-8-,16-14-,22-20-,25-24-,28-27-,31-30-,34-33-,55-53+. The number of carbonyl (C=O) groups is 1. The van der Waals surface area contributed by atoms with Crippen molar-refractivity contribution in [2.45, 2.75) is 251 Å². The SMILES string of the molecule is CC/C=C\C/C=C\C/C=C\C/C=C\C/C=C\C/C=C\C/C=C\CCCCCCCCCCCCCCCC(=O)NC(COP(=O)([O-])OCC[N+](C)(C)C)C(O)/C=C/CCCCCCCCCCCCCC. The van der Waals surface area contributed by atoms with Gasteiger partial charge in [0, 0.05) is 6.42 Å². The first kappa shape index (κ1) is 68.4. The molecule has 8 nitrogen and oxygen atoms in total. The molecule has 0 heterocycles. The van der Waals surface area contributed by atoms with Gasteiger partial charge in [-0.15, -0.1) is 0 Å². The Bertz CT molecular complexity index is 1470. The average molecular weight is 1010 g/mol. The minimum atomic E-state index is -4.60. The Hall–Kier alpha value is -2.58. The van der Waals surface area contributed by atoms with Crippen molar-refractivity contribution in [2.24, 2.45) is 0 Å². The zero-order valence-corrected chi connectivity index (χ0v) is 47.5. The van der Waals surface area contributed by atoms with E-state index in [1.165, 1.54) is 135 Å². The highest BCUT2D eigenvalue weighted by Gasteiger charge is 2.23. The van der Waals surface area contributed by atoms with Crippen LogP contribution in [-0.2, 0) is 18.4 Å². The number of carbonyl (C=O) groups excluding carboxylic acids is 1. The number of nitrogens with one attached hydrogen (secondary N) is 1. The summed E-state index contributed by atoms with van der Waals surface area (Å²) in [5.41, 5.74) is 0. The fourth-order valence-corrected chi connectivity index (χ4v) is 8.74. The van der Waals surface area contributed by atoms with E-state index in [9.17, 15) is 19.4 Å². The molecule has 2 N–H and O–H groups in total. The van der Waals surface area contributed by atoms with Crippen molar-refractivity contribution in [3.05, 3.63) is 97.2 Å². The molecule has 0 aromatic carbocycles. The van der Waals surface area contributed by atoms with Gasteiger partial charge in [-0.1, -0.05) is 252 Å². The third kappa shape index (κ3) is 55.0. The van der Waals surface area contributed by atoms with Crippen LogP contribution in [0.4, 0.5) is 0 Å². The summed E-state index contributed by atoms with van der Waals surface area (Å²) >= 11 is 0. The molecular formula is C62H111N2O6P. The minimum absolute atomic E-state index is 0.00437. The summed E-state index contributed by atoms with van der Waals surface area (Å²) < 4.78 is 23.3. The van der Waals surface area contributed by atoms with Crippen LogP contribution in [0.15, 0.2) is 97.2 Å². The summed E-state index contributed by atoms with van der Waals surface area (Å²) in [6.45, 7) is 4.53. The molecule has 9 heteroatoms. The first-order chi connectivity index (χ1) is 34.5. The first-order valence-electron chi connectivity index (χ1n) is 29.1. The van der Waals surface area contributed by atoms with Gasteiger partial charge < -0.3 is 28.8 Å². The van der Waals surface area contributed by atoms with Gasteiger partial charge in [-0.2, -0.15) is 0 Å². The Morgan fingerprint density at radius 2 is 0.859 bits per heavy atom. The number of likely N-dealkylation sites (N-methyl/N-ethyl adjacent to an activating group) is 1. The molecule has 71 heavy (non-hydrogen) atoms. The van der Waals surface area contributed by atoms with Gasteiger partial charge in [0.25, 0.3) is 7.82 Å². The van der Waals surface area contributed by atoms with E-state index in [1.54, 1.807) is 6.08 Å². The van der Waals surface area contributed by atoms with Crippen molar-refractivity contribution in [3.8, 4) is 0 Å². The number of amides is 1. The lowest BCUT2D eigenvalue weighted by atomic mass is 10.0. The Morgan fingerprint density at radius 1 is 0.507 bits per heavy atom. The molecule has 0 aliphatic heterocycles. The largest absolute Gasteiger partial charge is 0.756 e. The number of hydrogen-bond acceptors (Lipinski definition) is 6. The van der Waals surface area contributed by atoms with E-state index in [4.69, 9.17) is 9.05 Å². The summed E-state index contributed by atoms with van der Waals surface area (Å²) in [4.78, 5) is 25.5. The number of aliphatic hydroxyl groups excluding tert-OH is 1. The maximum absolute atomic E-state index is 13.0. The number of hydrogen-bond donors (Lipinski definition) is 2. The number of allylic oxidation sites excluding steroid dienone is 15. The fraction of sp³-hybridized carbons (Fsp3) is 0.726. The first-order valence-corrected chi connectivity index (χ1v) is 30.6. The Labute approximate surface area is 439 Å². The topological polar surface area (TPSA) is 108 Å². The number of phosphoric acid groups is 1. The quantitative estimate of drug-likeness (QED) is 0.0272. The second-order valence-electron chi connectivity index (χ2n) is 20.6. The van der Waals surface area contributed by atoms with Crippen LogP contribution in [0.3, 0.4) is 0 Å². The molecule has 0 aromatic rings. The third-order valence-electron chi connectivity index (χ3n) is 12.5. The van der Waals surface area contributed by atoms with E-state index >= 15 is 0 Å². The number of nitrogens with zero attached hydrogens (tertiary/aromatic N) is 1. The molecule has 0 radical (unpaired) electrons. The van der Waals surface area contributed by atoms with Crippen LogP contribution in [0.2, 0.25) is 0 Å². The number of rotatable bonds is 52. The van der Waals surface area contributed by atoms with Crippen molar-refractivity contribution >= 4 is 13.7 Å². The van der Waals surface area contributed by atoms with Gasteiger partial charge in [-0.05, 0) is 77.0 Å². The molecule has 410 valence electrons. The summed E-state index contributed by atoms with van der Waals surface area (Å²) in [5, 5.41) is 13.9. The molecule has 1 amide bonds. The van der Waals surface area contributed by atoms with E-state index in [-0.39, 0.29) is 19.1 Å². The Balaban J connectivity index is 4.09. The minimum Gasteiger partial charge on any atom is -0.756 e. The highest BCUT2D eigenvalue weighted by Crippen LogP contribution is 2.38. The predicted octanol–water partition coefficient (Wildman–Crippen LogP) is 17.2. The van der Waals surface area contributed by atoms with Crippen molar-refractivity contribution in [3.63, 3.8) is 0 Å². The predicted molar refractivity (Wildman–Crippen MR) is 306 cm³/mol. The van der Waals surface area contributed by atoms with Gasteiger partial charge in [-0.25, -0.2) is 0 Å². The van der Waals surface area contributed by atoms with Crippen LogP contribution in [-0.4, -0.2) is 68.5 Å². The second kappa shape index (κ2) is 52.3. The van der Waals surface area contributed by atoms with Crippen molar-refractivity contribution in [2.75, 3.05) is 40.9 Å². The molecule has 0 fully saturated rings. The molecule has 0 saturated carbocycles. The Morgan fingerprint density at radius 3 is 1.25 bits per heavy atom. The van der Waals surface area contributed by atoms with E-state index in [1.807, 2.05) is 27.2 Å². The molecule has 0 rings (SSSR count). The van der Waals surface area contributed by atoms with Crippen LogP contribution < -0.4 is 10.2 Å². The molecule has 0 spiro atoms. The normalized spacial score (nSPS) is 14.6. The van der Waals surface area contributed by atoms with E-state index in [0.29, 0.717) is 17.4 Å². The lowest BCUT2D eigenvalue weighted by molar-refractivity contribution is -0.870. The summed E-state index contributed by atoms with van der Waals surface area (Å²) in [6.07, 6.45) is 74.8. The molecule has 3 atom stereocenters. The van der Waals surface area contributed by atoms with Crippen LogP contribution in [0.1, 0.15) is 239 Å². The number of aliphatic hydroxyl groups is 1. The van der Waals surface area contributed by atoms with Crippen molar-refractivity contribution in [1.29, 1.82) is 0 Å². The smallest absolute Gasteiger partial charge is 0.268 e. The molecule has 0 saturated heterocycles. The zero-order valence-electron chi connectivity index (χ0n) is 46.6. The van der Waals surface area contributed by atoms with Gasteiger partial charge >= 0.3 is 0 Å². The molecule has 3 unspecified atom stereocenters. The van der Waals surface area contributed by atoms with Crippen LogP contribution >= 0.6 is 7.82 Å².